The largest absolute Gasteiger partial charge is 0.341 e. The number of aryl methyl sites for hydroxylation is 1. The Balaban J connectivity index is 2.45. The summed E-state index contributed by atoms with van der Waals surface area (Å²) in [6.07, 6.45) is 5.12. The third-order valence-corrected chi connectivity index (χ3v) is 11.4. The summed E-state index contributed by atoms with van der Waals surface area (Å²) < 4.78 is 2.23. The number of rotatable bonds is 5. The van der Waals surface area contributed by atoms with Crippen LogP contribution in [0.5, 0.6) is 0 Å². The fourth-order valence-corrected chi connectivity index (χ4v) is 9.68. The number of imidazole rings is 1. The van der Waals surface area contributed by atoms with E-state index in [1.807, 2.05) is 6.20 Å². The van der Waals surface area contributed by atoms with Crippen molar-refractivity contribution in [1.82, 2.24) is 9.55 Å². The lowest BCUT2D eigenvalue weighted by Gasteiger charge is -2.45. The van der Waals surface area contributed by atoms with Gasteiger partial charge in [0, 0.05) is 19.4 Å². The lowest BCUT2D eigenvalue weighted by Crippen LogP contribution is -2.74. The highest BCUT2D eigenvalue weighted by atomic mass is 28.3. The Morgan fingerprint density at radius 3 is 1.79 bits per heavy atom. The van der Waals surface area contributed by atoms with Crippen molar-refractivity contribution in [2.24, 2.45) is 7.05 Å². The van der Waals surface area contributed by atoms with E-state index in [1.54, 1.807) is 0 Å². The van der Waals surface area contributed by atoms with Crippen molar-refractivity contribution in [2.45, 2.75) is 32.2 Å². The minimum atomic E-state index is -2.29. The first-order valence-electron chi connectivity index (χ1n) is 8.63. The highest BCUT2D eigenvalue weighted by Gasteiger charge is 2.53. The van der Waals surface area contributed by atoms with Crippen LogP contribution in [0, 0.1) is 0 Å². The molecule has 0 atom stereocenters. The molecule has 0 fully saturated rings. The van der Waals surface area contributed by atoms with Crippen LogP contribution in [0.2, 0.25) is 5.04 Å². The molecule has 0 aliphatic rings. The molecule has 0 bridgehead atoms. The SMILES string of the molecule is CCC(C)(C)[Si](c1ccccc1)(c1ccccc1)c1nccn1C. The molecule has 0 amide bonds. The van der Waals surface area contributed by atoms with E-state index in [0.717, 1.165) is 6.42 Å². The van der Waals surface area contributed by atoms with Crippen LogP contribution in [0.3, 0.4) is 0 Å². The van der Waals surface area contributed by atoms with Gasteiger partial charge in [-0.15, -0.1) is 0 Å². The van der Waals surface area contributed by atoms with Gasteiger partial charge in [0.05, 0.1) is 5.45 Å². The van der Waals surface area contributed by atoms with Crippen LogP contribution < -0.4 is 15.8 Å². The molecule has 1 aromatic heterocycles. The summed E-state index contributed by atoms with van der Waals surface area (Å²) >= 11 is 0. The minimum Gasteiger partial charge on any atom is -0.341 e. The van der Waals surface area contributed by atoms with Crippen molar-refractivity contribution in [1.29, 1.82) is 0 Å². The molecule has 24 heavy (non-hydrogen) atoms. The van der Waals surface area contributed by atoms with Crippen molar-refractivity contribution in [2.75, 3.05) is 0 Å². The van der Waals surface area contributed by atoms with Gasteiger partial charge >= 0.3 is 0 Å². The molecule has 3 heteroatoms. The van der Waals surface area contributed by atoms with Gasteiger partial charge in [-0.3, -0.25) is 0 Å². The van der Waals surface area contributed by atoms with E-state index < -0.39 is 8.07 Å². The van der Waals surface area contributed by atoms with E-state index in [0.29, 0.717) is 0 Å². The maximum Gasteiger partial charge on any atom is 0.198 e. The number of hydrogen-bond donors (Lipinski definition) is 0. The summed E-state index contributed by atoms with van der Waals surface area (Å²) in [5, 5.41) is 2.99. The van der Waals surface area contributed by atoms with E-state index in [4.69, 9.17) is 4.98 Å². The summed E-state index contributed by atoms with van der Waals surface area (Å²) in [5.41, 5.74) is 1.23. The Hall–Kier alpha value is -2.13. The molecule has 0 saturated heterocycles. The average Bonchev–Trinajstić information content (AvgIpc) is 3.04. The van der Waals surface area contributed by atoms with Gasteiger partial charge in [0.25, 0.3) is 0 Å². The predicted molar refractivity (Wildman–Crippen MR) is 105 cm³/mol. The Morgan fingerprint density at radius 1 is 0.917 bits per heavy atom. The first-order valence-corrected chi connectivity index (χ1v) is 10.6. The Kier molecular flexibility index (Phi) is 4.46. The van der Waals surface area contributed by atoms with Crippen LogP contribution in [0.25, 0.3) is 0 Å². The molecule has 0 saturated carbocycles. The summed E-state index contributed by atoms with van der Waals surface area (Å²) in [5.74, 6) is 0. The van der Waals surface area contributed by atoms with Crippen LogP contribution in [-0.4, -0.2) is 17.6 Å². The molecule has 0 unspecified atom stereocenters. The van der Waals surface area contributed by atoms with Gasteiger partial charge in [0.1, 0.15) is 0 Å². The summed E-state index contributed by atoms with van der Waals surface area (Å²) in [6.45, 7) is 7.12. The van der Waals surface area contributed by atoms with Crippen molar-refractivity contribution in [3.8, 4) is 0 Å². The van der Waals surface area contributed by atoms with E-state index in [1.165, 1.54) is 15.8 Å². The average molecular weight is 335 g/mol. The molecule has 3 aromatic rings. The van der Waals surface area contributed by atoms with E-state index in [2.05, 4.69) is 99.2 Å². The second kappa shape index (κ2) is 6.40. The van der Waals surface area contributed by atoms with Crippen molar-refractivity contribution in [3.63, 3.8) is 0 Å². The molecule has 124 valence electrons. The fourth-order valence-electron chi connectivity index (χ4n) is 3.88. The van der Waals surface area contributed by atoms with E-state index in [-0.39, 0.29) is 5.04 Å². The number of hydrogen-bond acceptors (Lipinski definition) is 1. The van der Waals surface area contributed by atoms with Crippen LogP contribution in [0.4, 0.5) is 0 Å². The molecule has 2 nitrogen and oxygen atoms in total. The second-order valence-electron chi connectivity index (χ2n) is 7.08. The van der Waals surface area contributed by atoms with Gasteiger partial charge in [-0.25, -0.2) is 4.98 Å². The maximum absolute atomic E-state index is 4.88. The number of nitrogens with zero attached hydrogens (tertiary/aromatic N) is 2. The van der Waals surface area contributed by atoms with Gasteiger partial charge in [-0.05, 0) is 15.4 Å². The molecule has 3 rings (SSSR count). The number of benzene rings is 2. The molecule has 0 radical (unpaired) electrons. The quantitative estimate of drug-likeness (QED) is 0.656. The normalized spacial score (nSPS) is 12.3. The van der Waals surface area contributed by atoms with E-state index >= 15 is 0 Å². The van der Waals surface area contributed by atoms with Crippen molar-refractivity contribution in [3.05, 3.63) is 73.1 Å². The molecular formula is C21H26N2Si. The summed E-state index contributed by atoms with van der Waals surface area (Å²) in [4.78, 5) is 4.88. The molecule has 0 aliphatic heterocycles. The lowest BCUT2D eigenvalue weighted by atomic mass is 10.1. The molecule has 0 aliphatic carbocycles. The monoisotopic (exact) mass is 334 g/mol. The Labute approximate surface area is 146 Å². The van der Waals surface area contributed by atoms with Gasteiger partial charge in [-0.1, -0.05) is 87.9 Å². The highest BCUT2D eigenvalue weighted by Crippen LogP contribution is 2.39. The van der Waals surface area contributed by atoms with Crippen molar-refractivity contribution >= 4 is 23.9 Å². The Morgan fingerprint density at radius 2 is 1.42 bits per heavy atom. The molecule has 2 aromatic carbocycles. The van der Waals surface area contributed by atoms with Gasteiger partial charge in [0.2, 0.25) is 0 Å². The van der Waals surface area contributed by atoms with Crippen LogP contribution in [0.1, 0.15) is 27.2 Å². The van der Waals surface area contributed by atoms with E-state index in [9.17, 15) is 0 Å². The minimum absolute atomic E-state index is 0.134. The fraction of sp³-hybridized carbons (Fsp3) is 0.286. The van der Waals surface area contributed by atoms with Crippen LogP contribution in [-0.2, 0) is 7.05 Å². The summed E-state index contributed by atoms with van der Waals surface area (Å²) in [7, 11) is -0.165. The molecule has 0 N–H and O–H groups in total. The third kappa shape index (κ3) is 2.44. The molecule has 1 heterocycles. The zero-order valence-corrected chi connectivity index (χ0v) is 16.0. The topological polar surface area (TPSA) is 17.8 Å². The number of aromatic nitrogens is 2. The third-order valence-electron chi connectivity index (χ3n) is 5.47. The zero-order valence-electron chi connectivity index (χ0n) is 15.0. The van der Waals surface area contributed by atoms with Crippen molar-refractivity contribution < 1.29 is 0 Å². The molecule has 0 spiro atoms. The van der Waals surface area contributed by atoms with Gasteiger partial charge in [0.15, 0.2) is 8.07 Å². The first kappa shape index (κ1) is 16.7. The molecular weight excluding hydrogens is 308 g/mol. The van der Waals surface area contributed by atoms with Crippen LogP contribution >= 0.6 is 0 Å². The maximum atomic E-state index is 4.88. The van der Waals surface area contributed by atoms with Gasteiger partial charge < -0.3 is 4.57 Å². The summed E-state index contributed by atoms with van der Waals surface area (Å²) in [6, 6.07) is 22.0. The zero-order chi connectivity index (χ0) is 17.2. The first-order chi connectivity index (χ1) is 11.5. The lowest BCUT2D eigenvalue weighted by molar-refractivity contribution is 0.629. The smallest absolute Gasteiger partial charge is 0.198 e. The predicted octanol–water partition coefficient (Wildman–Crippen LogP) is 3.08. The van der Waals surface area contributed by atoms with Gasteiger partial charge in [-0.2, -0.15) is 0 Å². The highest BCUT2D eigenvalue weighted by molar-refractivity contribution is 7.12. The van der Waals surface area contributed by atoms with Crippen LogP contribution in [0.15, 0.2) is 73.1 Å². The standard InChI is InChI=1S/C21H26N2Si/c1-5-21(2,3)24(18-12-8-6-9-13-18,19-14-10-7-11-15-19)20-22-16-17-23(20)4/h6-17H,5H2,1-4H3. The second-order valence-corrected chi connectivity index (χ2v) is 11.5. The Bertz CT molecular complexity index is 751.